The van der Waals surface area contributed by atoms with Gasteiger partial charge in [0.05, 0.1) is 10.5 Å². The van der Waals surface area contributed by atoms with E-state index in [-0.39, 0.29) is 11.6 Å². The second-order valence-corrected chi connectivity index (χ2v) is 4.39. The first-order chi connectivity index (χ1) is 9.54. The Morgan fingerprint density at radius 1 is 1.30 bits per heavy atom. The van der Waals surface area contributed by atoms with E-state index in [1.807, 2.05) is 20.8 Å². The quantitative estimate of drug-likeness (QED) is 0.615. The highest BCUT2D eigenvalue weighted by Gasteiger charge is 2.20. The van der Waals surface area contributed by atoms with Gasteiger partial charge in [-0.1, -0.05) is 6.92 Å². The molecular weight excluding hydrogens is 258 g/mol. The van der Waals surface area contributed by atoms with Crippen molar-refractivity contribution in [2.24, 2.45) is 0 Å². The summed E-state index contributed by atoms with van der Waals surface area (Å²) in [6, 6.07) is 4.36. The number of carbonyl (C=O) groups is 1. The first-order valence-electron chi connectivity index (χ1n) is 6.86. The van der Waals surface area contributed by atoms with Gasteiger partial charge in [-0.15, -0.1) is 0 Å². The number of nitrogens with zero attached hydrogens (tertiary/aromatic N) is 2. The van der Waals surface area contributed by atoms with Gasteiger partial charge in [0.25, 0.3) is 11.6 Å². The molecule has 0 saturated heterocycles. The fraction of sp³-hybridized carbons (Fsp3) is 0.500. The van der Waals surface area contributed by atoms with Gasteiger partial charge in [-0.05, 0) is 26.3 Å². The van der Waals surface area contributed by atoms with Crippen molar-refractivity contribution in [2.45, 2.75) is 27.2 Å². The normalized spacial score (nSPS) is 10.2. The van der Waals surface area contributed by atoms with E-state index >= 15 is 0 Å². The molecule has 6 heteroatoms. The fourth-order valence-electron chi connectivity index (χ4n) is 1.92. The molecule has 0 spiro atoms. The lowest BCUT2D eigenvalue weighted by atomic mass is 10.1. The van der Waals surface area contributed by atoms with Crippen molar-refractivity contribution in [1.82, 2.24) is 4.90 Å². The molecule has 0 fully saturated rings. The second kappa shape index (κ2) is 7.47. The Labute approximate surface area is 118 Å². The van der Waals surface area contributed by atoms with E-state index in [4.69, 9.17) is 0 Å². The monoisotopic (exact) mass is 279 g/mol. The van der Waals surface area contributed by atoms with Crippen LogP contribution in [0.1, 0.15) is 37.6 Å². The topological polar surface area (TPSA) is 75.5 Å². The van der Waals surface area contributed by atoms with Crippen LogP contribution in [0.3, 0.4) is 0 Å². The zero-order valence-corrected chi connectivity index (χ0v) is 12.2. The number of nitro groups is 1. The number of nitro benzene ring substituents is 1. The van der Waals surface area contributed by atoms with Gasteiger partial charge in [-0.3, -0.25) is 14.9 Å². The molecule has 1 amide bonds. The molecule has 1 aromatic carbocycles. The Bertz CT molecular complexity index is 485. The number of carbonyl (C=O) groups excluding carboxylic acids is 1. The number of hydrogen-bond donors (Lipinski definition) is 1. The average Bonchev–Trinajstić information content (AvgIpc) is 2.45. The highest BCUT2D eigenvalue weighted by atomic mass is 16.6. The largest absolute Gasteiger partial charge is 0.384 e. The van der Waals surface area contributed by atoms with Gasteiger partial charge in [-0.2, -0.15) is 0 Å². The van der Waals surface area contributed by atoms with Crippen molar-refractivity contribution < 1.29 is 9.72 Å². The third kappa shape index (κ3) is 3.69. The summed E-state index contributed by atoms with van der Waals surface area (Å²) in [6.45, 7) is 7.66. The predicted molar refractivity (Wildman–Crippen MR) is 79.1 cm³/mol. The zero-order valence-electron chi connectivity index (χ0n) is 12.2. The third-order valence-corrected chi connectivity index (χ3v) is 3.06. The highest BCUT2D eigenvalue weighted by Crippen LogP contribution is 2.23. The molecule has 20 heavy (non-hydrogen) atoms. The maximum Gasteiger partial charge on any atom is 0.270 e. The molecule has 0 saturated carbocycles. The standard InChI is InChI=1S/C14H21N3O3/c1-4-9-15-13-8-7-11(17(19)20)10-12(13)14(18)16(5-2)6-3/h7-8,10,15H,4-6,9H2,1-3H3. The number of hydrogen-bond acceptors (Lipinski definition) is 4. The summed E-state index contributed by atoms with van der Waals surface area (Å²) < 4.78 is 0. The molecule has 1 N–H and O–H groups in total. The molecule has 6 nitrogen and oxygen atoms in total. The maximum absolute atomic E-state index is 12.4. The molecule has 0 radical (unpaired) electrons. The fourth-order valence-corrected chi connectivity index (χ4v) is 1.92. The Balaban J connectivity index is 3.19. The van der Waals surface area contributed by atoms with Crippen molar-refractivity contribution in [3.63, 3.8) is 0 Å². The van der Waals surface area contributed by atoms with Crippen molar-refractivity contribution >= 4 is 17.3 Å². The van der Waals surface area contributed by atoms with Crippen LogP contribution in [0.25, 0.3) is 0 Å². The summed E-state index contributed by atoms with van der Waals surface area (Å²) in [7, 11) is 0. The van der Waals surface area contributed by atoms with Gasteiger partial charge in [0, 0.05) is 37.5 Å². The van der Waals surface area contributed by atoms with Crippen molar-refractivity contribution in [1.29, 1.82) is 0 Å². The molecule has 1 aromatic rings. The molecule has 110 valence electrons. The first-order valence-corrected chi connectivity index (χ1v) is 6.86. The lowest BCUT2D eigenvalue weighted by molar-refractivity contribution is -0.384. The van der Waals surface area contributed by atoms with Crippen LogP contribution in [0.15, 0.2) is 18.2 Å². The SMILES string of the molecule is CCCNc1ccc([N+](=O)[O-])cc1C(=O)N(CC)CC. The minimum absolute atomic E-state index is 0.0671. The summed E-state index contributed by atoms with van der Waals surface area (Å²) in [5, 5.41) is 14.0. The van der Waals surface area contributed by atoms with Crippen molar-refractivity contribution in [2.75, 3.05) is 25.0 Å². The minimum atomic E-state index is -0.484. The van der Waals surface area contributed by atoms with Gasteiger partial charge < -0.3 is 10.2 Å². The Morgan fingerprint density at radius 3 is 2.45 bits per heavy atom. The number of amides is 1. The van der Waals surface area contributed by atoms with Gasteiger partial charge in [0.2, 0.25) is 0 Å². The Hall–Kier alpha value is -2.11. The number of rotatable bonds is 7. The average molecular weight is 279 g/mol. The van der Waals surface area contributed by atoms with Gasteiger partial charge in [0.15, 0.2) is 0 Å². The van der Waals surface area contributed by atoms with Crippen LogP contribution < -0.4 is 5.32 Å². The van der Waals surface area contributed by atoms with E-state index in [1.54, 1.807) is 11.0 Å². The minimum Gasteiger partial charge on any atom is -0.384 e. The van der Waals surface area contributed by atoms with Crippen LogP contribution in [-0.4, -0.2) is 35.4 Å². The van der Waals surface area contributed by atoms with E-state index in [2.05, 4.69) is 5.32 Å². The molecule has 1 rings (SSSR count). The lowest BCUT2D eigenvalue weighted by Gasteiger charge is -2.20. The number of anilines is 1. The number of nitrogens with one attached hydrogen (secondary N) is 1. The van der Waals surface area contributed by atoms with E-state index in [0.717, 1.165) is 13.0 Å². The van der Waals surface area contributed by atoms with Crippen LogP contribution in [-0.2, 0) is 0 Å². The maximum atomic E-state index is 12.4. The molecule has 0 aromatic heterocycles. The summed E-state index contributed by atoms with van der Waals surface area (Å²) in [5.41, 5.74) is 0.938. The predicted octanol–water partition coefficient (Wildman–Crippen LogP) is 2.90. The Morgan fingerprint density at radius 2 is 1.95 bits per heavy atom. The summed E-state index contributed by atoms with van der Waals surface area (Å²) >= 11 is 0. The van der Waals surface area contributed by atoms with Crippen LogP contribution in [0, 0.1) is 10.1 Å². The molecule has 0 unspecified atom stereocenters. The lowest BCUT2D eigenvalue weighted by Crippen LogP contribution is -2.31. The smallest absolute Gasteiger partial charge is 0.270 e. The van der Waals surface area contributed by atoms with Crippen LogP contribution in [0.5, 0.6) is 0 Å². The van der Waals surface area contributed by atoms with E-state index in [0.29, 0.717) is 24.3 Å². The van der Waals surface area contributed by atoms with E-state index in [9.17, 15) is 14.9 Å². The molecular formula is C14H21N3O3. The molecule has 0 atom stereocenters. The molecule has 0 heterocycles. The summed E-state index contributed by atoms with van der Waals surface area (Å²) in [5.74, 6) is -0.183. The van der Waals surface area contributed by atoms with Crippen LogP contribution in [0.4, 0.5) is 11.4 Å². The van der Waals surface area contributed by atoms with Gasteiger partial charge in [-0.25, -0.2) is 0 Å². The van der Waals surface area contributed by atoms with Gasteiger partial charge >= 0.3 is 0 Å². The van der Waals surface area contributed by atoms with E-state index < -0.39 is 4.92 Å². The van der Waals surface area contributed by atoms with E-state index in [1.165, 1.54) is 12.1 Å². The highest BCUT2D eigenvalue weighted by molar-refractivity contribution is 6.00. The molecule has 0 aliphatic heterocycles. The number of non-ortho nitro benzene ring substituents is 1. The van der Waals surface area contributed by atoms with Crippen molar-refractivity contribution in [3.05, 3.63) is 33.9 Å². The molecule has 0 bridgehead atoms. The summed E-state index contributed by atoms with van der Waals surface area (Å²) in [6.07, 6.45) is 0.913. The second-order valence-electron chi connectivity index (χ2n) is 4.39. The zero-order chi connectivity index (χ0) is 15.1. The first kappa shape index (κ1) is 15.9. The number of benzene rings is 1. The third-order valence-electron chi connectivity index (χ3n) is 3.06. The summed E-state index contributed by atoms with van der Waals surface area (Å²) in [4.78, 5) is 24.5. The Kier molecular flexibility index (Phi) is 5.96. The molecule has 0 aliphatic carbocycles. The van der Waals surface area contributed by atoms with Crippen LogP contribution in [0.2, 0.25) is 0 Å². The van der Waals surface area contributed by atoms with Crippen molar-refractivity contribution in [3.8, 4) is 0 Å². The van der Waals surface area contributed by atoms with Gasteiger partial charge in [0.1, 0.15) is 0 Å². The molecule has 0 aliphatic rings. The van der Waals surface area contributed by atoms with Crippen LogP contribution >= 0.6 is 0 Å².